The maximum atomic E-state index is 6.99. The topological polar surface area (TPSA) is 80.7 Å². The van der Waals surface area contributed by atoms with E-state index in [1.54, 1.807) is 0 Å². The molecule has 2 heterocycles. The lowest BCUT2D eigenvalue weighted by atomic mass is 9.97. The number of nitrogens with zero attached hydrogens (tertiary/aromatic N) is 6. The van der Waals surface area contributed by atoms with E-state index in [1.165, 1.54) is 22.5 Å². The molecule has 2 aliphatic heterocycles. The van der Waals surface area contributed by atoms with Crippen LogP contribution >= 0.6 is 0 Å². The van der Waals surface area contributed by atoms with Crippen LogP contribution in [0.2, 0.25) is 0 Å². The molecule has 0 spiro atoms. The molecule has 9 nitrogen and oxygen atoms in total. The van der Waals surface area contributed by atoms with E-state index in [2.05, 4.69) is 114 Å². The molecule has 2 aromatic rings. The number of anilines is 2. The normalized spacial score (nSPS) is 20.8. The second kappa shape index (κ2) is 14.0. The fourth-order valence-corrected chi connectivity index (χ4v) is 6.09. The number of piperidine rings is 1. The Labute approximate surface area is 242 Å². The monoisotopic (exact) mass is 552 g/mol. The quantitative estimate of drug-likeness (QED) is 0.413. The minimum Gasteiger partial charge on any atom is -0.492 e. The molecular formula is C31H52N8O. The van der Waals surface area contributed by atoms with Crippen LogP contribution in [0, 0.1) is 0 Å². The Morgan fingerprint density at radius 1 is 0.875 bits per heavy atom. The molecule has 2 atom stereocenters. The number of nitrogens with two attached hydrogens (primary N) is 2. The van der Waals surface area contributed by atoms with Crippen LogP contribution in [0.1, 0.15) is 36.6 Å². The minimum absolute atomic E-state index is 0.195. The van der Waals surface area contributed by atoms with E-state index in [4.69, 9.17) is 16.2 Å². The standard InChI is InChI=1S/C31H52N8O/c1-34(2)17-10-18-38-28-12-8-7-11-25(28)30(32)39(31(38)33)24-15-19-37(20-16-24)23-26-27(36(5)6)13-9-14-29(26)40-22-21-35(3)4/h7-9,11-14,24,30-31H,10,15-23,32-33H2,1-6H3. The summed E-state index contributed by atoms with van der Waals surface area (Å²) in [5, 5.41) is 0. The highest BCUT2D eigenvalue weighted by Gasteiger charge is 2.40. The summed E-state index contributed by atoms with van der Waals surface area (Å²) in [6.45, 7) is 6.39. The summed E-state index contributed by atoms with van der Waals surface area (Å²) in [5.41, 5.74) is 18.7. The third-order valence-electron chi connectivity index (χ3n) is 8.26. The fourth-order valence-electron chi connectivity index (χ4n) is 6.09. The largest absolute Gasteiger partial charge is 0.492 e. The molecule has 2 unspecified atom stereocenters. The maximum Gasteiger partial charge on any atom is 0.136 e. The van der Waals surface area contributed by atoms with Crippen molar-refractivity contribution in [2.24, 2.45) is 11.5 Å². The van der Waals surface area contributed by atoms with Crippen molar-refractivity contribution in [1.82, 2.24) is 19.6 Å². The number of hydrogen-bond acceptors (Lipinski definition) is 9. The molecule has 1 saturated heterocycles. The van der Waals surface area contributed by atoms with Gasteiger partial charge in [0.25, 0.3) is 0 Å². The molecule has 0 radical (unpaired) electrons. The van der Waals surface area contributed by atoms with Gasteiger partial charge in [-0.3, -0.25) is 10.6 Å². The number of para-hydroxylation sites is 1. The van der Waals surface area contributed by atoms with Crippen molar-refractivity contribution in [1.29, 1.82) is 0 Å². The molecule has 0 amide bonds. The first-order chi connectivity index (χ1) is 19.2. The number of likely N-dealkylation sites (N-methyl/N-ethyl adjacent to an activating group) is 1. The second-order valence-electron chi connectivity index (χ2n) is 12.0. The zero-order chi connectivity index (χ0) is 28.8. The summed E-state index contributed by atoms with van der Waals surface area (Å²) < 4.78 is 6.27. The van der Waals surface area contributed by atoms with Gasteiger partial charge >= 0.3 is 0 Å². The molecule has 40 heavy (non-hydrogen) atoms. The molecule has 222 valence electrons. The maximum absolute atomic E-state index is 6.99. The third-order valence-corrected chi connectivity index (χ3v) is 8.26. The summed E-state index contributed by atoms with van der Waals surface area (Å²) in [6.07, 6.45) is 2.71. The van der Waals surface area contributed by atoms with Gasteiger partial charge in [-0.25, -0.2) is 4.90 Å². The van der Waals surface area contributed by atoms with Crippen LogP contribution in [0.3, 0.4) is 0 Å². The Morgan fingerprint density at radius 2 is 1.57 bits per heavy atom. The summed E-state index contributed by atoms with van der Waals surface area (Å²) in [5.74, 6) is 0.986. The Morgan fingerprint density at radius 3 is 2.25 bits per heavy atom. The average Bonchev–Trinajstić information content (AvgIpc) is 2.92. The van der Waals surface area contributed by atoms with Crippen molar-refractivity contribution < 1.29 is 4.74 Å². The van der Waals surface area contributed by atoms with Gasteiger partial charge in [0.05, 0.1) is 6.17 Å². The van der Waals surface area contributed by atoms with Gasteiger partial charge in [-0.05, 0) is 85.3 Å². The number of fused-ring (bicyclic) bond motifs is 1. The van der Waals surface area contributed by atoms with E-state index in [9.17, 15) is 0 Å². The number of benzene rings is 2. The lowest BCUT2D eigenvalue weighted by Gasteiger charge is -2.51. The molecular weight excluding hydrogens is 500 g/mol. The Balaban J connectivity index is 1.45. The summed E-state index contributed by atoms with van der Waals surface area (Å²) in [4.78, 5) is 13.9. The van der Waals surface area contributed by atoms with Crippen LogP contribution in [-0.4, -0.2) is 114 Å². The third kappa shape index (κ3) is 7.26. The predicted octanol–water partition coefficient (Wildman–Crippen LogP) is 2.63. The smallest absolute Gasteiger partial charge is 0.136 e. The van der Waals surface area contributed by atoms with E-state index in [0.29, 0.717) is 12.6 Å². The lowest BCUT2D eigenvalue weighted by molar-refractivity contribution is 0.0283. The van der Waals surface area contributed by atoms with E-state index < -0.39 is 0 Å². The Kier molecular flexibility index (Phi) is 10.7. The molecule has 0 bridgehead atoms. The summed E-state index contributed by atoms with van der Waals surface area (Å²) in [6, 6.07) is 15.3. The first-order valence-electron chi connectivity index (χ1n) is 14.8. The van der Waals surface area contributed by atoms with Crippen LogP contribution in [0.5, 0.6) is 5.75 Å². The predicted molar refractivity (Wildman–Crippen MR) is 167 cm³/mol. The van der Waals surface area contributed by atoms with Gasteiger partial charge in [0.15, 0.2) is 0 Å². The van der Waals surface area contributed by atoms with E-state index >= 15 is 0 Å². The molecule has 9 heteroatoms. The number of hydrogen-bond donors (Lipinski definition) is 2. The van der Waals surface area contributed by atoms with Crippen LogP contribution < -0.4 is 26.0 Å². The van der Waals surface area contributed by atoms with Gasteiger partial charge in [0.2, 0.25) is 0 Å². The molecule has 0 aliphatic carbocycles. The molecule has 4 rings (SSSR count). The van der Waals surface area contributed by atoms with Gasteiger partial charge in [-0.2, -0.15) is 0 Å². The van der Waals surface area contributed by atoms with Crippen LogP contribution in [0.25, 0.3) is 0 Å². The average molecular weight is 553 g/mol. The number of rotatable bonds is 12. The lowest BCUT2D eigenvalue weighted by Crippen LogP contribution is -2.64. The molecule has 2 aliphatic rings. The Bertz CT molecular complexity index is 1070. The highest BCUT2D eigenvalue weighted by Crippen LogP contribution is 2.38. The van der Waals surface area contributed by atoms with Crippen molar-refractivity contribution in [3.8, 4) is 5.75 Å². The number of ether oxygens (including phenoxy) is 1. The van der Waals surface area contributed by atoms with Crippen molar-refractivity contribution in [3.63, 3.8) is 0 Å². The van der Waals surface area contributed by atoms with Crippen molar-refractivity contribution in [3.05, 3.63) is 53.6 Å². The van der Waals surface area contributed by atoms with Gasteiger partial charge in [-0.1, -0.05) is 24.3 Å². The van der Waals surface area contributed by atoms with E-state index in [0.717, 1.165) is 64.3 Å². The molecule has 0 saturated carbocycles. The zero-order valence-electron chi connectivity index (χ0n) is 25.6. The van der Waals surface area contributed by atoms with E-state index in [1.807, 2.05) is 0 Å². The van der Waals surface area contributed by atoms with Gasteiger partial charge in [0, 0.05) is 62.3 Å². The van der Waals surface area contributed by atoms with Crippen LogP contribution in [0.4, 0.5) is 11.4 Å². The number of likely N-dealkylation sites (tertiary alicyclic amines) is 1. The molecule has 0 aromatic heterocycles. The minimum atomic E-state index is -0.227. The fraction of sp³-hybridized carbons (Fsp3) is 0.613. The van der Waals surface area contributed by atoms with Crippen LogP contribution in [-0.2, 0) is 6.54 Å². The highest BCUT2D eigenvalue weighted by atomic mass is 16.5. The van der Waals surface area contributed by atoms with Crippen LogP contribution in [0.15, 0.2) is 42.5 Å². The van der Waals surface area contributed by atoms with Gasteiger partial charge < -0.3 is 30.1 Å². The highest BCUT2D eigenvalue weighted by molar-refractivity contribution is 5.59. The van der Waals surface area contributed by atoms with Gasteiger partial charge in [-0.15, -0.1) is 0 Å². The van der Waals surface area contributed by atoms with Crippen molar-refractivity contribution >= 4 is 11.4 Å². The van der Waals surface area contributed by atoms with Crippen molar-refractivity contribution in [2.75, 3.05) is 91.4 Å². The summed E-state index contributed by atoms with van der Waals surface area (Å²) in [7, 11) is 12.6. The second-order valence-corrected chi connectivity index (χ2v) is 12.0. The molecule has 1 fully saturated rings. The first-order valence-corrected chi connectivity index (χ1v) is 14.8. The molecule has 4 N–H and O–H groups in total. The van der Waals surface area contributed by atoms with Crippen molar-refractivity contribution in [2.45, 2.75) is 44.3 Å². The Hall–Kier alpha value is -2.40. The van der Waals surface area contributed by atoms with E-state index in [-0.39, 0.29) is 12.5 Å². The van der Waals surface area contributed by atoms with Gasteiger partial charge in [0.1, 0.15) is 18.6 Å². The molecule has 2 aromatic carbocycles. The zero-order valence-corrected chi connectivity index (χ0v) is 25.6. The summed E-state index contributed by atoms with van der Waals surface area (Å²) >= 11 is 0. The first kappa shape index (κ1) is 30.6. The SMILES string of the molecule is CN(C)CCCN1c2ccccc2C(N)N(C2CCN(Cc3c(OCCN(C)C)cccc3N(C)C)CC2)C1N.